The molecule has 0 bridgehead atoms. The summed E-state index contributed by atoms with van der Waals surface area (Å²) in [7, 11) is 6.71. The van der Waals surface area contributed by atoms with Crippen molar-refractivity contribution in [2.45, 2.75) is 0 Å². The molecule has 0 N–H and O–H groups in total. The van der Waals surface area contributed by atoms with E-state index in [0.29, 0.717) is 0 Å². The summed E-state index contributed by atoms with van der Waals surface area (Å²) in [5.74, 6) is 4.74. The van der Waals surface area contributed by atoms with Gasteiger partial charge < -0.3 is 33.5 Å². The van der Waals surface area contributed by atoms with E-state index in [-0.39, 0.29) is 0 Å². The number of rotatable bonds is 14. The minimum Gasteiger partial charge on any atom is -0.497 e. The zero-order valence-corrected chi connectivity index (χ0v) is 38.6. The lowest BCUT2D eigenvalue weighted by Gasteiger charge is -2.26. The lowest BCUT2D eigenvalue weighted by Crippen LogP contribution is -2.10. The van der Waals surface area contributed by atoms with Crippen LogP contribution in [0.5, 0.6) is 34.5 Å². The van der Waals surface area contributed by atoms with Crippen LogP contribution in [0, 0.1) is 0 Å². The average molecular weight is 902 g/mol. The van der Waals surface area contributed by atoms with Crippen LogP contribution < -0.4 is 33.5 Å². The van der Waals surface area contributed by atoms with Gasteiger partial charge in [-0.05, 0) is 178 Å². The van der Waals surface area contributed by atoms with E-state index in [2.05, 4.69) is 125 Å². The molecule has 0 amide bonds. The molecule has 0 spiro atoms. The molecule has 8 nitrogen and oxygen atoms in total. The van der Waals surface area contributed by atoms with Crippen LogP contribution in [0.2, 0.25) is 0 Å². The lowest BCUT2D eigenvalue weighted by atomic mass is 9.89. The zero-order chi connectivity index (χ0) is 46.8. The van der Waals surface area contributed by atoms with Crippen LogP contribution in [0.3, 0.4) is 0 Å². The van der Waals surface area contributed by atoms with Gasteiger partial charge in [-0.25, -0.2) is 0 Å². The van der Waals surface area contributed by atoms with E-state index < -0.39 is 0 Å². The molecule has 8 heteroatoms. The molecule has 0 aliphatic heterocycles. The van der Waals surface area contributed by atoms with E-state index in [9.17, 15) is 0 Å². The van der Waals surface area contributed by atoms with Gasteiger partial charge in [-0.1, -0.05) is 60.7 Å². The summed E-state index contributed by atoms with van der Waals surface area (Å²) in [5, 5.41) is 7.00. The van der Waals surface area contributed by atoms with E-state index in [1.165, 1.54) is 32.5 Å². The second kappa shape index (κ2) is 18.3. The fourth-order valence-electron chi connectivity index (χ4n) is 9.27. The van der Waals surface area contributed by atoms with Crippen molar-refractivity contribution < 1.29 is 23.7 Å². The Kier molecular flexibility index (Phi) is 11.3. The average Bonchev–Trinajstić information content (AvgIpc) is 3.42. The summed E-state index contributed by atoms with van der Waals surface area (Å²) < 4.78 is 28.6. The molecule has 0 radical (unpaired) electrons. The highest BCUT2D eigenvalue weighted by molar-refractivity contribution is 6.26. The van der Waals surface area contributed by atoms with Crippen LogP contribution in [0.15, 0.2) is 213 Å². The van der Waals surface area contributed by atoms with Gasteiger partial charge in [0.1, 0.15) is 34.5 Å². The standard InChI is InChI=1S/C61H47N3O5/c1-65-51-25-15-46(16-26-51)63(47-17-27-52(66-2)28-18-47)45-13-5-41(6-14-45)56-33-9-42-11-35-58-59(36-12-43-10-34-57(56)60(42)61(43)58)69-55-23-7-40(8-24-55)44-37-50(39-62-38-44)64(48-19-29-53(67-3)30-20-48)49-21-31-54(68-4)32-22-49/h5-39H,1-4H3. The van der Waals surface area contributed by atoms with Gasteiger partial charge in [-0.2, -0.15) is 0 Å². The minimum atomic E-state index is 0.745. The normalized spacial score (nSPS) is 11.2. The molecule has 0 aliphatic carbocycles. The number of hydrogen-bond donors (Lipinski definition) is 0. The first-order valence-corrected chi connectivity index (χ1v) is 22.7. The molecule has 0 saturated carbocycles. The number of hydrogen-bond acceptors (Lipinski definition) is 8. The maximum absolute atomic E-state index is 6.73. The Labute approximate surface area is 401 Å². The van der Waals surface area contributed by atoms with Gasteiger partial charge in [-0.15, -0.1) is 0 Å². The Balaban J connectivity index is 0.890. The lowest BCUT2D eigenvalue weighted by molar-refractivity contribution is 0.414. The number of ether oxygens (including phenoxy) is 5. The highest BCUT2D eigenvalue weighted by Crippen LogP contribution is 2.45. The van der Waals surface area contributed by atoms with Crippen molar-refractivity contribution in [2.75, 3.05) is 38.2 Å². The van der Waals surface area contributed by atoms with Crippen LogP contribution in [0.4, 0.5) is 34.1 Å². The highest BCUT2D eigenvalue weighted by Gasteiger charge is 2.19. The molecule has 0 atom stereocenters. The molecular formula is C61H47N3O5. The second-order valence-corrected chi connectivity index (χ2v) is 16.7. The molecule has 0 aliphatic rings. The molecule has 0 unspecified atom stereocenters. The first-order chi connectivity index (χ1) is 34.0. The number of methoxy groups -OCH3 is 4. The smallest absolute Gasteiger partial charge is 0.135 e. The van der Waals surface area contributed by atoms with E-state index >= 15 is 0 Å². The monoisotopic (exact) mass is 901 g/mol. The third kappa shape index (κ3) is 8.19. The third-order valence-corrected chi connectivity index (χ3v) is 12.8. The molecular weight excluding hydrogens is 855 g/mol. The molecule has 11 aromatic rings. The fraction of sp³-hybridized carbons (Fsp3) is 0.0656. The van der Waals surface area contributed by atoms with Crippen LogP contribution in [0.25, 0.3) is 54.6 Å². The molecule has 11 rings (SSSR count). The Morgan fingerprint density at radius 3 is 1.20 bits per heavy atom. The van der Waals surface area contributed by atoms with E-state index in [1.807, 2.05) is 97.3 Å². The van der Waals surface area contributed by atoms with Gasteiger partial charge in [0.15, 0.2) is 0 Å². The maximum Gasteiger partial charge on any atom is 0.135 e. The molecule has 1 heterocycles. The summed E-state index contributed by atoms with van der Waals surface area (Å²) in [6.45, 7) is 0. The highest BCUT2D eigenvalue weighted by atomic mass is 16.5. The van der Waals surface area contributed by atoms with Gasteiger partial charge in [0.05, 0.1) is 40.3 Å². The maximum atomic E-state index is 6.73. The Morgan fingerprint density at radius 1 is 0.319 bits per heavy atom. The Morgan fingerprint density at radius 2 is 0.710 bits per heavy atom. The van der Waals surface area contributed by atoms with E-state index in [0.717, 1.165) is 90.7 Å². The molecule has 0 saturated heterocycles. The van der Waals surface area contributed by atoms with Crippen molar-refractivity contribution in [1.29, 1.82) is 0 Å². The largest absolute Gasteiger partial charge is 0.497 e. The van der Waals surface area contributed by atoms with E-state index in [4.69, 9.17) is 28.7 Å². The van der Waals surface area contributed by atoms with E-state index in [1.54, 1.807) is 28.4 Å². The van der Waals surface area contributed by atoms with Crippen molar-refractivity contribution in [3.05, 3.63) is 213 Å². The number of pyridine rings is 1. The summed E-state index contributed by atoms with van der Waals surface area (Å²) >= 11 is 0. The van der Waals surface area contributed by atoms with Crippen LogP contribution in [-0.4, -0.2) is 33.4 Å². The predicted molar refractivity (Wildman–Crippen MR) is 281 cm³/mol. The summed E-state index contributed by atoms with van der Waals surface area (Å²) in [5.41, 5.74) is 10.2. The van der Waals surface area contributed by atoms with Crippen molar-refractivity contribution in [1.82, 2.24) is 4.98 Å². The topological polar surface area (TPSA) is 65.5 Å². The Hall–Kier alpha value is -9.01. The Bertz CT molecular complexity index is 3450. The number of anilines is 6. The van der Waals surface area contributed by atoms with Crippen molar-refractivity contribution in [3.63, 3.8) is 0 Å². The van der Waals surface area contributed by atoms with Gasteiger partial charge in [0.2, 0.25) is 0 Å². The fourth-order valence-corrected chi connectivity index (χ4v) is 9.27. The molecule has 0 fully saturated rings. The van der Waals surface area contributed by atoms with Gasteiger partial charge in [0, 0.05) is 51.0 Å². The molecule has 10 aromatic carbocycles. The quantitative estimate of drug-likeness (QED) is 0.100. The zero-order valence-electron chi connectivity index (χ0n) is 38.6. The first-order valence-electron chi connectivity index (χ1n) is 22.7. The van der Waals surface area contributed by atoms with Crippen molar-refractivity contribution >= 4 is 66.4 Å². The number of benzene rings is 10. The number of aromatic nitrogens is 1. The molecule has 69 heavy (non-hydrogen) atoms. The van der Waals surface area contributed by atoms with Crippen LogP contribution in [0.1, 0.15) is 0 Å². The summed E-state index contributed by atoms with van der Waals surface area (Å²) in [4.78, 5) is 9.11. The SMILES string of the molecule is COc1ccc(N(c2ccc(OC)cc2)c2ccc(-c3ccc4ccc5c(Oc6ccc(-c7cncc(N(c8ccc(OC)cc8)c8ccc(OC)cc8)c7)cc6)ccc6ccc3c4c65)cc2)cc1. The second-order valence-electron chi connectivity index (χ2n) is 16.7. The number of nitrogens with zero attached hydrogens (tertiary/aromatic N) is 3. The first kappa shape index (κ1) is 42.6. The minimum absolute atomic E-state index is 0.745. The molecule has 336 valence electrons. The van der Waals surface area contributed by atoms with Gasteiger partial charge in [0.25, 0.3) is 0 Å². The summed E-state index contributed by atoms with van der Waals surface area (Å²) in [6, 6.07) is 69.0. The molecule has 1 aromatic heterocycles. The predicted octanol–water partition coefficient (Wildman–Crippen LogP) is 16.1. The summed E-state index contributed by atoms with van der Waals surface area (Å²) in [6.07, 6.45) is 3.77. The van der Waals surface area contributed by atoms with Gasteiger partial charge in [-0.3, -0.25) is 4.98 Å². The third-order valence-electron chi connectivity index (χ3n) is 12.8. The van der Waals surface area contributed by atoms with Crippen LogP contribution >= 0.6 is 0 Å². The van der Waals surface area contributed by atoms with Gasteiger partial charge >= 0.3 is 0 Å². The van der Waals surface area contributed by atoms with Crippen molar-refractivity contribution in [3.8, 4) is 56.8 Å². The van der Waals surface area contributed by atoms with Crippen LogP contribution in [-0.2, 0) is 0 Å². The van der Waals surface area contributed by atoms with Crippen molar-refractivity contribution in [2.24, 2.45) is 0 Å².